The number of nitrogens with two attached hydrogens (primary N) is 1. The Morgan fingerprint density at radius 3 is 2.58 bits per heavy atom. The second-order valence-corrected chi connectivity index (χ2v) is 5.96. The lowest BCUT2D eigenvalue weighted by molar-refractivity contribution is -0.145. The van der Waals surface area contributed by atoms with E-state index in [1.165, 1.54) is 0 Å². The Hall–Kier alpha value is -1.10. The van der Waals surface area contributed by atoms with Gasteiger partial charge in [0, 0.05) is 26.6 Å². The molecular formula is C14H25N3O2. The number of nitrogens with zero attached hydrogens (tertiary/aromatic N) is 2. The highest BCUT2D eigenvalue weighted by Crippen LogP contribution is 2.34. The fraction of sp³-hybridized carbons (Fsp3) is 0.857. The van der Waals surface area contributed by atoms with Crippen LogP contribution in [0.1, 0.15) is 32.1 Å². The smallest absolute Gasteiger partial charge is 0.244 e. The summed E-state index contributed by atoms with van der Waals surface area (Å²) in [4.78, 5) is 28.2. The summed E-state index contributed by atoms with van der Waals surface area (Å²) >= 11 is 0. The van der Waals surface area contributed by atoms with Crippen LogP contribution in [0.3, 0.4) is 0 Å². The van der Waals surface area contributed by atoms with Gasteiger partial charge in [-0.15, -0.1) is 0 Å². The fourth-order valence-electron chi connectivity index (χ4n) is 3.44. The highest BCUT2D eigenvalue weighted by atomic mass is 16.2. The van der Waals surface area contributed by atoms with Crippen molar-refractivity contribution in [2.24, 2.45) is 17.6 Å². The lowest BCUT2D eigenvalue weighted by Gasteiger charge is -2.30. The van der Waals surface area contributed by atoms with Gasteiger partial charge in [-0.25, -0.2) is 0 Å². The molecule has 1 heterocycles. The Balaban J connectivity index is 2.07. The average molecular weight is 267 g/mol. The van der Waals surface area contributed by atoms with Gasteiger partial charge in [-0.05, 0) is 38.1 Å². The molecule has 0 spiro atoms. The van der Waals surface area contributed by atoms with E-state index < -0.39 is 0 Å². The zero-order valence-electron chi connectivity index (χ0n) is 12.0. The molecule has 2 N–H and O–H groups in total. The topological polar surface area (TPSA) is 66.6 Å². The van der Waals surface area contributed by atoms with Gasteiger partial charge in [-0.1, -0.05) is 6.42 Å². The van der Waals surface area contributed by atoms with Crippen molar-refractivity contribution in [3.05, 3.63) is 0 Å². The second kappa shape index (κ2) is 5.90. The number of likely N-dealkylation sites (N-methyl/N-ethyl adjacent to an activating group) is 1. The Morgan fingerprint density at radius 1 is 1.21 bits per heavy atom. The normalized spacial score (nSPS) is 30.7. The van der Waals surface area contributed by atoms with Gasteiger partial charge in [0.2, 0.25) is 11.8 Å². The molecule has 0 bridgehead atoms. The molecule has 2 fully saturated rings. The van der Waals surface area contributed by atoms with E-state index in [1.807, 2.05) is 0 Å². The first-order valence-corrected chi connectivity index (χ1v) is 7.28. The minimum Gasteiger partial charge on any atom is -0.347 e. The van der Waals surface area contributed by atoms with Gasteiger partial charge in [0.25, 0.3) is 0 Å². The van der Waals surface area contributed by atoms with Crippen LogP contribution in [-0.4, -0.2) is 54.8 Å². The van der Waals surface area contributed by atoms with E-state index in [1.54, 1.807) is 23.9 Å². The van der Waals surface area contributed by atoms with Crippen LogP contribution in [0, 0.1) is 11.8 Å². The van der Waals surface area contributed by atoms with Crippen molar-refractivity contribution >= 4 is 11.8 Å². The third-order valence-electron chi connectivity index (χ3n) is 4.54. The molecular weight excluding hydrogens is 242 g/mol. The summed E-state index contributed by atoms with van der Waals surface area (Å²) < 4.78 is 0. The molecule has 5 nitrogen and oxygen atoms in total. The first kappa shape index (κ1) is 14.3. The number of rotatable bonds is 3. The maximum absolute atomic E-state index is 12.7. The zero-order valence-corrected chi connectivity index (χ0v) is 12.0. The van der Waals surface area contributed by atoms with Crippen molar-refractivity contribution in [1.82, 2.24) is 9.80 Å². The molecule has 0 aromatic carbocycles. The third-order valence-corrected chi connectivity index (χ3v) is 4.54. The maximum Gasteiger partial charge on any atom is 0.244 e. The zero-order chi connectivity index (χ0) is 14.0. The van der Waals surface area contributed by atoms with Crippen molar-refractivity contribution in [2.45, 2.75) is 38.1 Å². The number of carbonyl (C=O) groups excluding carboxylic acids is 2. The highest BCUT2D eigenvalue weighted by Gasteiger charge is 2.41. The predicted molar refractivity (Wildman–Crippen MR) is 73.3 cm³/mol. The summed E-state index contributed by atoms with van der Waals surface area (Å²) in [7, 11) is 3.50. The summed E-state index contributed by atoms with van der Waals surface area (Å²) in [5.41, 5.74) is 5.76. The van der Waals surface area contributed by atoms with Gasteiger partial charge in [0.1, 0.15) is 6.04 Å². The third kappa shape index (κ3) is 2.76. The molecule has 2 amide bonds. The Bertz CT molecular complexity index is 357. The van der Waals surface area contributed by atoms with Crippen LogP contribution in [-0.2, 0) is 9.59 Å². The van der Waals surface area contributed by atoms with Crippen molar-refractivity contribution in [2.75, 3.05) is 27.2 Å². The average Bonchev–Trinajstić information content (AvgIpc) is 3.05. The van der Waals surface area contributed by atoms with Crippen LogP contribution in [0.25, 0.3) is 0 Å². The van der Waals surface area contributed by atoms with E-state index >= 15 is 0 Å². The van der Waals surface area contributed by atoms with Crippen molar-refractivity contribution in [1.29, 1.82) is 0 Å². The van der Waals surface area contributed by atoms with Crippen molar-refractivity contribution in [3.63, 3.8) is 0 Å². The molecule has 1 aliphatic carbocycles. The first-order chi connectivity index (χ1) is 9.06. The maximum atomic E-state index is 12.7. The minimum absolute atomic E-state index is 0.0422. The summed E-state index contributed by atoms with van der Waals surface area (Å²) in [6.45, 7) is 1.30. The van der Waals surface area contributed by atoms with Gasteiger partial charge in [0.05, 0.1) is 0 Å². The van der Waals surface area contributed by atoms with Gasteiger partial charge >= 0.3 is 0 Å². The van der Waals surface area contributed by atoms with Crippen LogP contribution in [0.15, 0.2) is 0 Å². The summed E-state index contributed by atoms with van der Waals surface area (Å²) in [6.07, 6.45) is 4.78. The molecule has 1 saturated carbocycles. The number of carbonyl (C=O) groups is 2. The van der Waals surface area contributed by atoms with Gasteiger partial charge in [-0.3, -0.25) is 9.59 Å². The Kier molecular flexibility index (Phi) is 4.45. The summed E-state index contributed by atoms with van der Waals surface area (Å²) in [5.74, 6) is 0.558. The van der Waals surface area contributed by atoms with Gasteiger partial charge in [0.15, 0.2) is 0 Å². The predicted octanol–water partition coefficient (Wildman–Crippen LogP) is 0.441. The molecule has 2 rings (SSSR count). The number of amides is 2. The first-order valence-electron chi connectivity index (χ1n) is 7.28. The lowest BCUT2D eigenvalue weighted by Crippen LogP contribution is -2.48. The van der Waals surface area contributed by atoms with Crippen LogP contribution < -0.4 is 5.73 Å². The van der Waals surface area contributed by atoms with Gasteiger partial charge < -0.3 is 15.5 Å². The minimum atomic E-state index is -0.249. The van der Waals surface area contributed by atoms with E-state index in [2.05, 4.69) is 0 Å². The molecule has 2 aliphatic rings. The van der Waals surface area contributed by atoms with E-state index in [0.29, 0.717) is 12.5 Å². The Labute approximate surface area is 115 Å². The van der Waals surface area contributed by atoms with Crippen molar-refractivity contribution in [3.8, 4) is 0 Å². The molecule has 1 saturated heterocycles. The highest BCUT2D eigenvalue weighted by molar-refractivity contribution is 5.89. The summed E-state index contributed by atoms with van der Waals surface area (Å²) in [5, 5.41) is 0. The van der Waals surface area contributed by atoms with Gasteiger partial charge in [-0.2, -0.15) is 0 Å². The molecule has 5 heteroatoms. The molecule has 3 unspecified atom stereocenters. The molecule has 0 aromatic rings. The van der Waals surface area contributed by atoms with E-state index in [9.17, 15) is 9.59 Å². The number of likely N-dealkylation sites (tertiary alicyclic amines) is 1. The quantitative estimate of drug-likeness (QED) is 0.807. The van der Waals surface area contributed by atoms with Crippen LogP contribution in [0.2, 0.25) is 0 Å². The molecule has 3 atom stereocenters. The van der Waals surface area contributed by atoms with Crippen LogP contribution in [0.5, 0.6) is 0 Å². The monoisotopic (exact) mass is 267 g/mol. The number of hydrogen-bond donors (Lipinski definition) is 1. The molecule has 19 heavy (non-hydrogen) atoms. The number of hydrogen-bond acceptors (Lipinski definition) is 3. The van der Waals surface area contributed by atoms with Crippen LogP contribution in [0.4, 0.5) is 0 Å². The lowest BCUT2D eigenvalue weighted by atomic mass is 9.94. The second-order valence-electron chi connectivity index (χ2n) is 5.96. The van der Waals surface area contributed by atoms with E-state index in [4.69, 9.17) is 5.73 Å². The van der Waals surface area contributed by atoms with E-state index in [0.717, 1.165) is 38.6 Å². The molecule has 0 radical (unpaired) electrons. The molecule has 1 aliphatic heterocycles. The largest absolute Gasteiger partial charge is 0.347 e. The fourth-order valence-corrected chi connectivity index (χ4v) is 3.44. The SMILES string of the molecule is CN(C)C(=O)C1CCCN1C(=O)C1CCCC1CN. The van der Waals surface area contributed by atoms with E-state index in [-0.39, 0.29) is 23.8 Å². The van der Waals surface area contributed by atoms with Crippen molar-refractivity contribution < 1.29 is 9.59 Å². The molecule has 0 aromatic heterocycles. The Morgan fingerprint density at radius 2 is 1.95 bits per heavy atom. The standard InChI is InChI=1S/C14H25N3O2/c1-16(2)14(19)12-7-4-8-17(12)13(18)11-6-3-5-10(11)9-15/h10-12H,3-9,15H2,1-2H3. The molecule has 108 valence electrons. The van der Waals surface area contributed by atoms with Crippen LogP contribution >= 0.6 is 0 Å². The summed E-state index contributed by atoms with van der Waals surface area (Å²) in [6, 6.07) is -0.249.